The third-order valence-corrected chi connectivity index (χ3v) is 3.05. The number of hydrogen-bond acceptors (Lipinski definition) is 2. The van der Waals surface area contributed by atoms with Gasteiger partial charge in [-0.2, -0.15) is 0 Å². The number of imidazole rings is 1. The predicted octanol–water partition coefficient (Wildman–Crippen LogP) is 2.59. The van der Waals surface area contributed by atoms with Gasteiger partial charge in [0.2, 0.25) is 5.95 Å². The maximum Gasteiger partial charge on any atom is 0.204 e. The Bertz CT molecular complexity index is 511. The molecule has 15 heavy (non-hydrogen) atoms. The minimum Gasteiger partial charge on any atom is -0.354 e. The zero-order valence-corrected chi connectivity index (χ0v) is 9.12. The van der Waals surface area contributed by atoms with E-state index in [4.69, 9.17) is 0 Å². The molecule has 0 spiro atoms. The molecule has 0 bridgehead atoms. The Morgan fingerprint density at radius 3 is 3.07 bits per heavy atom. The van der Waals surface area contributed by atoms with Gasteiger partial charge in [0.05, 0.1) is 11.0 Å². The van der Waals surface area contributed by atoms with Crippen molar-refractivity contribution < 1.29 is 0 Å². The Morgan fingerprint density at radius 2 is 2.27 bits per heavy atom. The Morgan fingerprint density at radius 1 is 1.40 bits per heavy atom. The van der Waals surface area contributed by atoms with Crippen molar-refractivity contribution in [2.75, 3.05) is 11.9 Å². The lowest BCUT2D eigenvalue weighted by Crippen LogP contribution is -1.96. The van der Waals surface area contributed by atoms with Crippen molar-refractivity contribution in [2.24, 2.45) is 0 Å². The Balaban J connectivity index is 2.33. The van der Waals surface area contributed by atoms with Crippen LogP contribution < -0.4 is 5.32 Å². The van der Waals surface area contributed by atoms with Crippen LogP contribution in [0, 0.1) is 0 Å². The third-order valence-electron chi connectivity index (χ3n) is 3.05. The van der Waals surface area contributed by atoms with E-state index in [-0.39, 0.29) is 0 Å². The molecule has 1 aromatic carbocycles. The first-order chi connectivity index (χ1) is 7.27. The molecule has 0 radical (unpaired) electrons. The standard InChI is InChI=1S/C12H15N3/c1-8(2)9-4-3-5-10-11(9)14-12-13-6-7-15(10)12/h3-5,8H,6-7H2,1-2H3,(H,13,14). The SMILES string of the molecule is CC(C)c1cccc2c1nc1n2CCN1. The number of nitrogens with one attached hydrogen (secondary N) is 1. The van der Waals surface area contributed by atoms with Gasteiger partial charge in [-0.1, -0.05) is 26.0 Å². The summed E-state index contributed by atoms with van der Waals surface area (Å²) in [7, 11) is 0. The minimum absolute atomic E-state index is 0.532. The van der Waals surface area contributed by atoms with Crippen LogP contribution in [-0.4, -0.2) is 16.1 Å². The number of hydrogen-bond donors (Lipinski definition) is 1. The molecule has 3 rings (SSSR count). The van der Waals surface area contributed by atoms with E-state index in [0.29, 0.717) is 5.92 Å². The van der Waals surface area contributed by atoms with E-state index >= 15 is 0 Å². The summed E-state index contributed by atoms with van der Waals surface area (Å²) in [4.78, 5) is 4.67. The molecule has 0 saturated carbocycles. The molecule has 0 atom stereocenters. The molecule has 0 aliphatic carbocycles. The van der Waals surface area contributed by atoms with Crippen molar-refractivity contribution in [1.29, 1.82) is 0 Å². The Labute approximate surface area is 89.1 Å². The van der Waals surface area contributed by atoms with Crippen molar-refractivity contribution in [3.05, 3.63) is 23.8 Å². The Kier molecular flexibility index (Phi) is 1.75. The molecule has 0 saturated heterocycles. The zero-order chi connectivity index (χ0) is 10.4. The third kappa shape index (κ3) is 1.16. The molecule has 78 valence electrons. The lowest BCUT2D eigenvalue weighted by Gasteiger charge is -2.06. The van der Waals surface area contributed by atoms with E-state index in [9.17, 15) is 0 Å². The maximum atomic E-state index is 4.67. The molecule has 2 heterocycles. The quantitative estimate of drug-likeness (QED) is 0.768. The number of nitrogens with zero attached hydrogens (tertiary/aromatic N) is 2. The lowest BCUT2D eigenvalue weighted by molar-refractivity contribution is 0.836. The fourth-order valence-electron chi connectivity index (χ4n) is 2.28. The molecule has 0 unspecified atom stereocenters. The number of anilines is 1. The van der Waals surface area contributed by atoms with Crippen LogP contribution in [0.4, 0.5) is 5.95 Å². The number of benzene rings is 1. The van der Waals surface area contributed by atoms with E-state index in [1.54, 1.807) is 0 Å². The van der Waals surface area contributed by atoms with Gasteiger partial charge < -0.3 is 9.88 Å². The topological polar surface area (TPSA) is 29.9 Å². The second kappa shape index (κ2) is 2.99. The van der Waals surface area contributed by atoms with E-state index in [1.165, 1.54) is 11.1 Å². The fraction of sp³-hybridized carbons (Fsp3) is 0.417. The van der Waals surface area contributed by atoms with Gasteiger partial charge in [-0.05, 0) is 17.5 Å². The molecule has 1 aliphatic heterocycles. The van der Waals surface area contributed by atoms with Gasteiger partial charge in [-0.3, -0.25) is 0 Å². The number of rotatable bonds is 1. The van der Waals surface area contributed by atoms with Crippen LogP contribution >= 0.6 is 0 Å². The number of fused-ring (bicyclic) bond motifs is 3. The molecule has 3 heteroatoms. The summed E-state index contributed by atoms with van der Waals surface area (Å²) < 4.78 is 2.27. The molecule has 0 fully saturated rings. The van der Waals surface area contributed by atoms with Crippen LogP contribution in [0.25, 0.3) is 11.0 Å². The van der Waals surface area contributed by atoms with E-state index < -0.39 is 0 Å². The summed E-state index contributed by atoms with van der Waals surface area (Å²) in [6.07, 6.45) is 0. The molecule has 1 aromatic heterocycles. The van der Waals surface area contributed by atoms with Gasteiger partial charge in [0.25, 0.3) is 0 Å². The first-order valence-electron chi connectivity index (χ1n) is 5.50. The maximum absolute atomic E-state index is 4.67. The summed E-state index contributed by atoms with van der Waals surface area (Å²) in [5.41, 5.74) is 3.77. The predicted molar refractivity (Wildman–Crippen MR) is 62.3 cm³/mol. The zero-order valence-electron chi connectivity index (χ0n) is 9.12. The number of para-hydroxylation sites is 1. The van der Waals surface area contributed by atoms with Crippen LogP contribution in [-0.2, 0) is 6.54 Å². The molecular formula is C12H15N3. The van der Waals surface area contributed by atoms with Crippen molar-refractivity contribution >= 4 is 17.0 Å². The van der Waals surface area contributed by atoms with Crippen LogP contribution in [0.15, 0.2) is 18.2 Å². The van der Waals surface area contributed by atoms with Crippen molar-refractivity contribution in [3.63, 3.8) is 0 Å². The van der Waals surface area contributed by atoms with Gasteiger partial charge in [-0.25, -0.2) is 4.98 Å². The molecule has 3 nitrogen and oxygen atoms in total. The van der Waals surface area contributed by atoms with Crippen LogP contribution in [0.1, 0.15) is 25.3 Å². The van der Waals surface area contributed by atoms with Gasteiger partial charge in [0.15, 0.2) is 0 Å². The van der Waals surface area contributed by atoms with Gasteiger partial charge in [0, 0.05) is 13.1 Å². The average molecular weight is 201 g/mol. The van der Waals surface area contributed by atoms with Crippen LogP contribution in [0.2, 0.25) is 0 Å². The lowest BCUT2D eigenvalue weighted by atomic mass is 10.0. The van der Waals surface area contributed by atoms with Gasteiger partial charge in [-0.15, -0.1) is 0 Å². The second-order valence-corrected chi connectivity index (χ2v) is 4.38. The molecular weight excluding hydrogens is 186 g/mol. The highest BCUT2D eigenvalue weighted by Crippen LogP contribution is 2.29. The normalized spacial score (nSPS) is 14.6. The molecule has 1 aliphatic rings. The monoisotopic (exact) mass is 201 g/mol. The molecule has 2 aromatic rings. The summed E-state index contributed by atoms with van der Waals surface area (Å²) in [5, 5.41) is 3.31. The van der Waals surface area contributed by atoms with Crippen LogP contribution in [0.3, 0.4) is 0 Å². The first kappa shape index (κ1) is 8.77. The smallest absolute Gasteiger partial charge is 0.204 e. The van der Waals surface area contributed by atoms with Gasteiger partial charge >= 0.3 is 0 Å². The van der Waals surface area contributed by atoms with E-state index in [1.807, 2.05) is 0 Å². The summed E-state index contributed by atoms with van der Waals surface area (Å²) in [6, 6.07) is 6.46. The minimum atomic E-state index is 0.532. The summed E-state index contributed by atoms with van der Waals surface area (Å²) >= 11 is 0. The second-order valence-electron chi connectivity index (χ2n) is 4.38. The van der Waals surface area contributed by atoms with Crippen molar-refractivity contribution in [1.82, 2.24) is 9.55 Å². The fourth-order valence-corrected chi connectivity index (χ4v) is 2.28. The highest BCUT2D eigenvalue weighted by molar-refractivity contribution is 5.83. The highest BCUT2D eigenvalue weighted by atomic mass is 15.3. The molecule has 0 amide bonds. The van der Waals surface area contributed by atoms with Gasteiger partial charge in [0.1, 0.15) is 0 Å². The summed E-state index contributed by atoms with van der Waals surface area (Å²) in [6.45, 7) is 6.47. The Hall–Kier alpha value is -1.51. The van der Waals surface area contributed by atoms with E-state index in [2.05, 4.69) is 46.9 Å². The average Bonchev–Trinajstić information content (AvgIpc) is 2.75. The number of aromatic nitrogens is 2. The largest absolute Gasteiger partial charge is 0.354 e. The van der Waals surface area contributed by atoms with E-state index in [0.717, 1.165) is 24.6 Å². The first-order valence-corrected chi connectivity index (χ1v) is 5.50. The summed E-state index contributed by atoms with van der Waals surface area (Å²) in [5.74, 6) is 1.56. The van der Waals surface area contributed by atoms with Crippen molar-refractivity contribution in [2.45, 2.75) is 26.3 Å². The van der Waals surface area contributed by atoms with Crippen molar-refractivity contribution in [3.8, 4) is 0 Å². The van der Waals surface area contributed by atoms with Crippen LogP contribution in [0.5, 0.6) is 0 Å². The molecule has 1 N–H and O–H groups in total. The highest BCUT2D eigenvalue weighted by Gasteiger charge is 2.17.